The molecule has 1 aliphatic rings. The van der Waals surface area contributed by atoms with Crippen LogP contribution in [0.4, 0.5) is 0 Å². The van der Waals surface area contributed by atoms with E-state index in [1.54, 1.807) is 0 Å². The lowest BCUT2D eigenvalue weighted by Gasteiger charge is -2.37. The molecule has 1 aliphatic carbocycles. The first kappa shape index (κ1) is 12.5. The third-order valence-corrected chi connectivity index (χ3v) is 4.47. The van der Waals surface area contributed by atoms with Gasteiger partial charge in [-0.15, -0.1) is 0 Å². The molecule has 0 aromatic carbocycles. The summed E-state index contributed by atoms with van der Waals surface area (Å²) in [6.45, 7) is 4.42. The van der Waals surface area contributed by atoms with Gasteiger partial charge in [0.1, 0.15) is 0 Å². The van der Waals surface area contributed by atoms with E-state index in [1.165, 1.54) is 43.2 Å². The van der Waals surface area contributed by atoms with Crippen LogP contribution in [0.25, 0.3) is 0 Å². The lowest BCUT2D eigenvalue weighted by Crippen LogP contribution is -2.40. The molecule has 94 valence electrons. The third-order valence-electron chi connectivity index (χ3n) is 4.47. The second kappa shape index (κ2) is 5.15. The van der Waals surface area contributed by atoms with Crippen molar-refractivity contribution in [1.29, 1.82) is 0 Å². The fraction of sp³-hybridized carbons (Fsp3) is 0.643. The standard InChI is InChI=1S/C14H23N3/c1-3-14(7-4-5-8-14)13(17-15)12-10-16-9-6-11(12)2/h6,9-10,13,17H,3-5,7-8,15H2,1-2H3. The van der Waals surface area contributed by atoms with Gasteiger partial charge in [0.2, 0.25) is 0 Å². The molecule has 3 N–H and O–H groups in total. The van der Waals surface area contributed by atoms with Crippen molar-refractivity contribution < 1.29 is 0 Å². The van der Waals surface area contributed by atoms with E-state index in [1.807, 2.05) is 12.4 Å². The van der Waals surface area contributed by atoms with Gasteiger partial charge in [0.25, 0.3) is 0 Å². The number of nitrogens with zero attached hydrogens (tertiary/aromatic N) is 1. The number of nitrogens with two attached hydrogens (primary N) is 1. The maximum Gasteiger partial charge on any atom is 0.0533 e. The molecular weight excluding hydrogens is 210 g/mol. The minimum atomic E-state index is 0.240. The zero-order chi connectivity index (χ0) is 12.3. The summed E-state index contributed by atoms with van der Waals surface area (Å²) < 4.78 is 0. The summed E-state index contributed by atoms with van der Waals surface area (Å²) in [6, 6.07) is 2.31. The molecule has 1 heterocycles. The molecule has 1 aromatic heterocycles. The molecule has 1 saturated carbocycles. The predicted octanol–water partition coefficient (Wildman–Crippen LogP) is 2.86. The minimum absolute atomic E-state index is 0.240. The lowest BCUT2D eigenvalue weighted by molar-refractivity contribution is 0.187. The van der Waals surface area contributed by atoms with Crippen LogP contribution in [-0.2, 0) is 0 Å². The van der Waals surface area contributed by atoms with Crippen molar-refractivity contribution in [3.05, 3.63) is 29.6 Å². The van der Waals surface area contributed by atoms with Crippen molar-refractivity contribution in [2.24, 2.45) is 11.3 Å². The molecule has 0 radical (unpaired) electrons. The maximum atomic E-state index is 5.84. The summed E-state index contributed by atoms with van der Waals surface area (Å²) in [5, 5.41) is 0. The fourth-order valence-electron chi connectivity index (χ4n) is 3.30. The Morgan fingerprint density at radius 1 is 1.47 bits per heavy atom. The highest BCUT2D eigenvalue weighted by atomic mass is 15.2. The van der Waals surface area contributed by atoms with Crippen LogP contribution in [-0.4, -0.2) is 4.98 Å². The quantitative estimate of drug-likeness (QED) is 0.621. The van der Waals surface area contributed by atoms with Gasteiger partial charge >= 0.3 is 0 Å². The van der Waals surface area contributed by atoms with Gasteiger partial charge < -0.3 is 0 Å². The van der Waals surface area contributed by atoms with Crippen molar-refractivity contribution >= 4 is 0 Å². The highest BCUT2D eigenvalue weighted by Crippen LogP contribution is 2.50. The van der Waals surface area contributed by atoms with E-state index in [-0.39, 0.29) is 6.04 Å². The number of hydrogen-bond donors (Lipinski definition) is 2. The Bertz CT molecular complexity index is 369. The van der Waals surface area contributed by atoms with Gasteiger partial charge in [-0.05, 0) is 48.8 Å². The van der Waals surface area contributed by atoms with Gasteiger partial charge in [0.15, 0.2) is 0 Å². The second-order valence-corrected chi connectivity index (χ2v) is 5.25. The average Bonchev–Trinajstić information content (AvgIpc) is 2.82. The van der Waals surface area contributed by atoms with Crippen molar-refractivity contribution in [2.75, 3.05) is 0 Å². The predicted molar refractivity (Wildman–Crippen MR) is 70.2 cm³/mol. The number of hydrazine groups is 1. The van der Waals surface area contributed by atoms with Crippen LogP contribution in [0, 0.1) is 12.3 Å². The summed E-state index contributed by atoms with van der Waals surface area (Å²) in [5.41, 5.74) is 5.92. The largest absolute Gasteiger partial charge is 0.271 e. The zero-order valence-electron chi connectivity index (χ0n) is 10.9. The molecule has 0 aliphatic heterocycles. The normalized spacial score (nSPS) is 20.4. The van der Waals surface area contributed by atoms with E-state index in [4.69, 9.17) is 5.84 Å². The highest BCUT2D eigenvalue weighted by Gasteiger charge is 2.40. The Morgan fingerprint density at radius 2 is 2.18 bits per heavy atom. The molecule has 1 aromatic rings. The van der Waals surface area contributed by atoms with Crippen molar-refractivity contribution in [3.63, 3.8) is 0 Å². The molecule has 0 amide bonds. The second-order valence-electron chi connectivity index (χ2n) is 5.25. The number of nitrogens with one attached hydrogen (secondary N) is 1. The Morgan fingerprint density at radius 3 is 2.71 bits per heavy atom. The maximum absolute atomic E-state index is 5.84. The molecule has 2 rings (SSSR count). The van der Waals surface area contributed by atoms with Gasteiger partial charge in [0, 0.05) is 12.4 Å². The molecule has 1 unspecified atom stereocenters. The van der Waals surface area contributed by atoms with Crippen LogP contribution in [0.2, 0.25) is 0 Å². The summed E-state index contributed by atoms with van der Waals surface area (Å²) in [4.78, 5) is 4.26. The van der Waals surface area contributed by atoms with E-state index in [2.05, 4.69) is 30.3 Å². The van der Waals surface area contributed by atoms with Crippen LogP contribution in [0.15, 0.2) is 18.5 Å². The van der Waals surface area contributed by atoms with E-state index in [9.17, 15) is 0 Å². The van der Waals surface area contributed by atoms with Crippen LogP contribution >= 0.6 is 0 Å². The molecule has 1 atom stereocenters. The Hall–Kier alpha value is -0.930. The number of aryl methyl sites for hydroxylation is 1. The number of pyridine rings is 1. The summed E-state index contributed by atoms with van der Waals surface area (Å²) in [5.74, 6) is 5.84. The van der Waals surface area contributed by atoms with E-state index in [0.29, 0.717) is 5.41 Å². The van der Waals surface area contributed by atoms with Gasteiger partial charge in [-0.25, -0.2) is 0 Å². The molecule has 17 heavy (non-hydrogen) atoms. The molecule has 3 heteroatoms. The smallest absolute Gasteiger partial charge is 0.0533 e. The molecular formula is C14H23N3. The molecule has 3 nitrogen and oxygen atoms in total. The minimum Gasteiger partial charge on any atom is -0.271 e. The Kier molecular flexibility index (Phi) is 3.79. The Balaban J connectivity index is 2.36. The average molecular weight is 233 g/mol. The van der Waals surface area contributed by atoms with Gasteiger partial charge in [-0.1, -0.05) is 19.8 Å². The molecule has 1 fully saturated rings. The van der Waals surface area contributed by atoms with Gasteiger partial charge in [-0.3, -0.25) is 16.3 Å². The summed E-state index contributed by atoms with van der Waals surface area (Å²) in [7, 11) is 0. The van der Waals surface area contributed by atoms with Crippen LogP contribution < -0.4 is 11.3 Å². The SMILES string of the molecule is CCC1(C(NN)c2cnccc2C)CCCC1. The van der Waals surface area contributed by atoms with E-state index >= 15 is 0 Å². The first-order chi connectivity index (χ1) is 8.23. The van der Waals surface area contributed by atoms with Gasteiger partial charge in [-0.2, -0.15) is 0 Å². The van der Waals surface area contributed by atoms with Gasteiger partial charge in [0.05, 0.1) is 6.04 Å². The monoisotopic (exact) mass is 233 g/mol. The topological polar surface area (TPSA) is 50.9 Å². The van der Waals surface area contributed by atoms with Crippen molar-refractivity contribution in [2.45, 2.75) is 52.0 Å². The van der Waals surface area contributed by atoms with Crippen LogP contribution in [0.3, 0.4) is 0 Å². The summed E-state index contributed by atoms with van der Waals surface area (Å²) in [6.07, 6.45) is 10.2. The van der Waals surface area contributed by atoms with Crippen LogP contribution in [0.1, 0.15) is 56.2 Å². The first-order valence-electron chi connectivity index (χ1n) is 6.60. The van der Waals surface area contributed by atoms with Crippen molar-refractivity contribution in [3.8, 4) is 0 Å². The molecule has 0 bridgehead atoms. The first-order valence-corrected chi connectivity index (χ1v) is 6.60. The summed E-state index contributed by atoms with van der Waals surface area (Å²) >= 11 is 0. The van der Waals surface area contributed by atoms with E-state index < -0.39 is 0 Å². The number of aromatic nitrogens is 1. The molecule has 0 saturated heterocycles. The number of rotatable bonds is 4. The lowest BCUT2D eigenvalue weighted by atomic mass is 9.73. The van der Waals surface area contributed by atoms with Crippen LogP contribution in [0.5, 0.6) is 0 Å². The van der Waals surface area contributed by atoms with E-state index in [0.717, 1.165) is 0 Å². The fourth-order valence-corrected chi connectivity index (χ4v) is 3.30. The Labute approximate surface area is 104 Å². The van der Waals surface area contributed by atoms with Crippen molar-refractivity contribution in [1.82, 2.24) is 10.4 Å². The number of hydrogen-bond acceptors (Lipinski definition) is 3. The third kappa shape index (κ3) is 2.22. The highest BCUT2D eigenvalue weighted by molar-refractivity contribution is 5.27. The zero-order valence-corrected chi connectivity index (χ0v) is 10.9. The molecule has 0 spiro atoms.